The SMILES string of the molecule is CC(=O)N1CCCN(c2cc(C)nc3ncnn23)CC1. The number of aromatic nitrogens is 4. The third-order valence-electron chi connectivity index (χ3n) is 3.63. The molecule has 0 aliphatic carbocycles. The Hall–Kier alpha value is -2.18. The van der Waals surface area contributed by atoms with Gasteiger partial charge in [-0.3, -0.25) is 4.79 Å². The maximum atomic E-state index is 11.5. The van der Waals surface area contributed by atoms with Crippen LogP contribution in [0.3, 0.4) is 0 Å². The summed E-state index contributed by atoms with van der Waals surface area (Å²) < 4.78 is 1.76. The summed E-state index contributed by atoms with van der Waals surface area (Å²) in [4.78, 5) is 24.1. The maximum Gasteiger partial charge on any atom is 0.254 e. The van der Waals surface area contributed by atoms with Crippen molar-refractivity contribution in [2.75, 3.05) is 31.1 Å². The summed E-state index contributed by atoms with van der Waals surface area (Å²) in [6.45, 7) is 6.85. The van der Waals surface area contributed by atoms with Gasteiger partial charge >= 0.3 is 0 Å². The largest absolute Gasteiger partial charge is 0.355 e. The Labute approximate surface area is 117 Å². The number of anilines is 1. The van der Waals surface area contributed by atoms with Crippen LogP contribution < -0.4 is 4.90 Å². The summed E-state index contributed by atoms with van der Waals surface area (Å²) in [7, 11) is 0. The van der Waals surface area contributed by atoms with Gasteiger partial charge in [-0.15, -0.1) is 0 Å². The van der Waals surface area contributed by atoms with Crippen molar-refractivity contribution >= 4 is 17.5 Å². The zero-order valence-corrected chi connectivity index (χ0v) is 11.8. The molecule has 0 N–H and O–H groups in total. The van der Waals surface area contributed by atoms with Crippen LogP contribution in [0.2, 0.25) is 0 Å². The van der Waals surface area contributed by atoms with Crippen LogP contribution in [0.4, 0.5) is 5.82 Å². The lowest BCUT2D eigenvalue weighted by Gasteiger charge is -2.23. The van der Waals surface area contributed by atoms with Gasteiger partial charge in [-0.05, 0) is 13.3 Å². The molecule has 1 amide bonds. The number of carbonyl (C=O) groups is 1. The second-order valence-corrected chi connectivity index (χ2v) is 5.07. The fourth-order valence-corrected chi connectivity index (χ4v) is 2.60. The highest BCUT2D eigenvalue weighted by Crippen LogP contribution is 2.17. The van der Waals surface area contributed by atoms with Gasteiger partial charge in [-0.25, -0.2) is 4.98 Å². The summed E-state index contributed by atoms with van der Waals surface area (Å²) in [6, 6.07) is 2.02. The van der Waals surface area contributed by atoms with E-state index in [9.17, 15) is 4.79 Å². The Bertz CT molecular complexity index is 637. The molecule has 0 bridgehead atoms. The van der Waals surface area contributed by atoms with Gasteiger partial charge in [0.2, 0.25) is 5.91 Å². The Balaban J connectivity index is 1.91. The second-order valence-electron chi connectivity index (χ2n) is 5.07. The van der Waals surface area contributed by atoms with Crippen LogP contribution in [-0.4, -0.2) is 56.6 Å². The Morgan fingerprint density at radius 1 is 1.25 bits per heavy atom. The molecule has 0 unspecified atom stereocenters. The van der Waals surface area contributed by atoms with Gasteiger partial charge in [0.25, 0.3) is 5.78 Å². The molecule has 3 heterocycles. The molecule has 2 aromatic rings. The summed E-state index contributed by atoms with van der Waals surface area (Å²) in [5, 5.41) is 4.24. The van der Waals surface area contributed by atoms with E-state index in [4.69, 9.17) is 0 Å². The van der Waals surface area contributed by atoms with E-state index < -0.39 is 0 Å². The minimum absolute atomic E-state index is 0.142. The van der Waals surface area contributed by atoms with Gasteiger partial charge in [0.15, 0.2) is 0 Å². The van der Waals surface area contributed by atoms with Gasteiger partial charge < -0.3 is 9.80 Å². The summed E-state index contributed by atoms with van der Waals surface area (Å²) in [6.07, 6.45) is 2.47. The number of fused-ring (bicyclic) bond motifs is 1. The van der Waals surface area contributed by atoms with Crippen LogP contribution in [0, 0.1) is 6.92 Å². The lowest BCUT2D eigenvalue weighted by atomic mass is 10.3. The van der Waals surface area contributed by atoms with Gasteiger partial charge in [0, 0.05) is 44.9 Å². The number of aryl methyl sites for hydroxylation is 1. The number of hydrogen-bond donors (Lipinski definition) is 0. The van der Waals surface area contributed by atoms with Crippen molar-refractivity contribution < 1.29 is 4.79 Å². The Kier molecular flexibility index (Phi) is 3.25. The standard InChI is InChI=1S/C13H18N6O/c1-10-8-12(19-13(16-10)14-9-15-19)18-5-3-4-17(6-7-18)11(2)20/h8-9H,3-7H2,1-2H3. The van der Waals surface area contributed by atoms with E-state index in [-0.39, 0.29) is 5.91 Å². The number of rotatable bonds is 1. The van der Waals surface area contributed by atoms with Crippen molar-refractivity contribution in [1.29, 1.82) is 0 Å². The molecule has 1 aliphatic rings. The van der Waals surface area contributed by atoms with E-state index >= 15 is 0 Å². The first-order valence-electron chi connectivity index (χ1n) is 6.83. The van der Waals surface area contributed by atoms with Gasteiger partial charge in [-0.1, -0.05) is 0 Å². The third kappa shape index (κ3) is 2.31. The van der Waals surface area contributed by atoms with E-state index in [1.54, 1.807) is 11.4 Å². The normalized spacial score (nSPS) is 16.5. The van der Waals surface area contributed by atoms with E-state index in [0.29, 0.717) is 5.78 Å². The molecule has 0 saturated carbocycles. The summed E-state index contributed by atoms with van der Waals surface area (Å²) in [5.41, 5.74) is 0.924. The highest BCUT2D eigenvalue weighted by Gasteiger charge is 2.19. The molecule has 7 heteroatoms. The van der Waals surface area contributed by atoms with Gasteiger partial charge in [-0.2, -0.15) is 14.6 Å². The molecular formula is C13H18N6O. The van der Waals surface area contributed by atoms with Crippen LogP contribution >= 0.6 is 0 Å². The molecule has 0 spiro atoms. The topological polar surface area (TPSA) is 66.6 Å². The lowest BCUT2D eigenvalue weighted by Crippen LogP contribution is -2.34. The highest BCUT2D eigenvalue weighted by atomic mass is 16.2. The molecule has 3 rings (SSSR count). The third-order valence-corrected chi connectivity index (χ3v) is 3.63. The Morgan fingerprint density at radius 3 is 2.90 bits per heavy atom. The van der Waals surface area contributed by atoms with Gasteiger partial charge in [0.05, 0.1) is 0 Å². The minimum Gasteiger partial charge on any atom is -0.355 e. The molecule has 1 fully saturated rings. The summed E-state index contributed by atoms with van der Waals surface area (Å²) >= 11 is 0. The van der Waals surface area contributed by atoms with Crippen molar-refractivity contribution in [2.45, 2.75) is 20.3 Å². The first-order valence-corrected chi connectivity index (χ1v) is 6.83. The summed E-state index contributed by atoms with van der Waals surface area (Å²) in [5.74, 6) is 1.76. The average Bonchev–Trinajstić information content (AvgIpc) is 2.73. The zero-order chi connectivity index (χ0) is 14.1. The molecule has 1 aliphatic heterocycles. The van der Waals surface area contributed by atoms with Crippen LogP contribution in [-0.2, 0) is 4.79 Å². The number of carbonyl (C=O) groups excluding carboxylic acids is 1. The second kappa shape index (κ2) is 5.07. The van der Waals surface area contributed by atoms with Crippen molar-refractivity contribution in [3.05, 3.63) is 18.1 Å². The van der Waals surface area contributed by atoms with Crippen molar-refractivity contribution in [3.8, 4) is 0 Å². The Morgan fingerprint density at radius 2 is 2.10 bits per heavy atom. The van der Waals surface area contributed by atoms with Crippen LogP contribution in [0.1, 0.15) is 19.0 Å². The first-order chi connectivity index (χ1) is 9.65. The number of nitrogens with zero attached hydrogens (tertiary/aromatic N) is 6. The fourth-order valence-electron chi connectivity index (χ4n) is 2.60. The van der Waals surface area contributed by atoms with Crippen molar-refractivity contribution in [3.63, 3.8) is 0 Å². The van der Waals surface area contributed by atoms with Crippen molar-refractivity contribution in [1.82, 2.24) is 24.5 Å². The van der Waals surface area contributed by atoms with Crippen LogP contribution in [0.5, 0.6) is 0 Å². The molecule has 7 nitrogen and oxygen atoms in total. The van der Waals surface area contributed by atoms with E-state index in [1.165, 1.54) is 6.33 Å². The lowest BCUT2D eigenvalue weighted by molar-refractivity contribution is -0.128. The minimum atomic E-state index is 0.142. The first kappa shape index (κ1) is 12.8. The van der Waals surface area contributed by atoms with Crippen molar-refractivity contribution in [2.24, 2.45) is 0 Å². The van der Waals surface area contributed by atoms with E-state index in [0.717, 1.165) is 44.1 Å². The number of hydrogen-bond acceptors (Lipinski definition) is 5. The molecule has 20 heavy (non-hydrogen) atoms. The quantitative estimate of drug-likeness (QED) is 0.757. The molecule has 0 atom stereocenters. The molecule has 106 valence electrons. The molecule has 1 saturated heterocycles. The molecule has 2 aromatic heterocycles. The monoisotopic (exact) mass is 274 g/mol. The maximum absolute atomic E-state index is 11.5. The van der Waals surface area contributed by atoms with E-state index in [2.05, 4.69) is 20.0 Å². The predicted molar refractivity (Wildman–Crippen MR) is 74.6 cm³/mol. The predicted octanol–water partition coefficient (Wildman–Crippen LogP) is 0.491. The smallest absolute Gasteiger partial charge is 0.254 e. The van der Waals surface area contributed by atoms with Gasteiger partial charge in [0.1, 0.15) is 12.1 Å². The molecule has 0 radical (unpaired) electrons. The highest BCUT2D eigenvalue weighted by molar-refractivity contribution is 5.73. The van der Waals surface area contributed by atoms with E-state index in [1.807, 2.05) is 17.9 Å². The number of amides is 1. The molecule has 0 aromatic carbocycles. The molecular weight excluding hydrogens is 256 g/mol. The van der Waals surface area contributed by atoms with Crippen LogP contribution in [0.25, 0.3) is 5.78 Å². The zero-order valence-electron chi connectivity index (χ0n) is 11.8. The fraction of sp³-hybridized carbons (Fsp3) is 0.538. The average molecular weight is 274 g/mol. The van der Waals surface area contributed by atoms with Crippen LogP contribution in [0.15, 0.2) is 12.4 Å².